The van der Waals surface area contributed by atoms with Crippen LogP contribution in [0.1, 0.15) is 87.1 Å². The number of aliphatic carboxylic acids is 1. The lowest BCUT2D eigenvalue weighted by atomic mass is 9.59. The van der Waals surface area contributed by atoms with Crippen LogP contribution in [0.2, 0.25) is 5.02 Å². The lowest BCUT2D eigenvalue weighted by molar-refractivity contribution is -0.144. The number of pyridine rings is 1. The maximum atomic E-state index is 12.9. The molecule has 4 aliphatic rings. The summed E-state index contributed by atoms with van der Waals surface area (Å²) in [5.41, 5.74) is 4.50. The summed E-state index contributed by atoms with van der Waals surface area (Å²) in [6.45, 7) is 6.10. The van der Waals surface area contributed by atoms with E-state index in [-0.39, 0.29) is 11.5 Å². The van der Waals surface area contributed by atoms with E-state index in [0.717, 1.165) is 55.0 Å². The highest BCUT2D eigenvalue weighted by molar-refractivity contribution is 6.30. The highest BCUT2D eigenvalue weighted by atomic mass is 35.5. The number of benzene rings is 2. The van der Waals surface area contributed by atoms with Crippen molar-refractivity contribution in [2.75, 3.05) is 32.2 Å². The minimum Gasteiger partial charge on any atom is -0.493 e. The molecule has 0 amide bonds. The molecule has 7 rings (SSSR count). The van der Waals surface area contributed by atoms with Crippen molar-refractivity contribution in [3.8, 4) is 17.2 Å². The second-order valence-electron chi connectivity index (χ2n) is 14.7. The smallest absolute Gasteiger partial charge is 0.329 e. The highest BCUT2D eigenvalue weighted by Gasteiger charge is 2.54. The number of hydrogen-bond donors (Lipinski definition) is 2. The Balaban J connectivity index is 1.15. The van der Waals surface area contributed by atoms with Gasteiger partial charge in [0.25, 0.3) is 0 Å². The van der Waals surface area contributed by atoms with Crippen molar-refractivity contribution in [3.63, 3.8) is 0 Å². The first-order valence-electron chi connectivity index (χ1n) is 17.5. The van der Waals surface area contributed by atoms with E-state index in [9.17, 15) is 9.90 Å². The van der Waals surface area contributed by atoms with Crippen molar-refractivity contribution in [1.82, 2.24) is 4.98 Å². The van der Waals surface area contributed by atoms with E-state index in [0.29, 0.717) is 55.4 Å². The van der Waals surface area contributed by atoms with Gasteiger partial charge >= 0.3 is 5.97 Å². The van der Waals surface area contributed by atoms with Crippen LogP contribution < -0.4 is 19.5 Å². The van der Waals surface area contributed by atoms with Gasteiger partial charge in [-0.05, 0) is 128 Å². The zero-order valence-corrected chi connectivity index (χ0v) is 29.0. The van der Waals surface area contributed by atoms with E-state index < -0.39 is 11.5 Å². The second-order valence-corrected chi connectivity index (χ2v) is 15.1. The number of fused-ring (bicyclic) bond motifs is 4. The van der Waals surface area contributed by atoms with E-state index >= 15 is 0 Å². The first kappa shape index (κ1) is 33.0. The summed E-state index contributed by atoms with van der Waals surface area (Å²) in [6, 6.07) is 13.7. The Morgan fingerprint density at radius 2 is 2.00 bits per heavy atom. The van der Waals surface area contributed by atoms with Gasteiger partial charge in [-0.3, -0.25) is 4.98 Å². The molecule has 3 aromatic rings. The summed E-state index contributed by atoms with van der Waals surface area (Å²) in [6.07, 6.45) is 9.48. The molecule has 8 nitrogen and oxygen atoms in total. The van der Waals surface area contributed by atoms with Crippen LogP contribution in [0.4, 0.5) is 5.69 Å². The number of carbonyl (C=O) groups is 1. The molecule has 2 aromatic carbocycles. The second kappa shape index (κ2) is 13.4. The molecule has 1 saturated carbocycles. The maximum Gasteiger partial charge on any atom is 0.329 e. The lowest BCUT2D eigenvalue weighted by Gasteiger charge is -2.47. The molecule has 48 heavy (non-hydrogen) atoms. The van der Waals surface area contributed by atoms with Crippen LogP contribution in [-0.4, -0.2) is 54.6 Å². The number of aromatic nitrogens is 1. The number of carboxylic acids is 1. The third kappa shape index (κ3) is 6.22. The van der Waals surface area contributed by atoms with Gasteiger partial charge in [0.2, 0.25) is 0 Å². The molecule has 1 aromatic heterocycles. The predicted molar refractivity (Wildman–Crippen MR) is 186 cm³/mol. The lowest BCUT2D eigenvalue weighted by Crippen LogP contribution is -2.53. The molecule has 0 radical (unpaired) electrons. The van der Waals surface area contributed by atoms with E-state index in [1.807, 2.05) is 24.4 Å². The van der Waals surface area contributed by atoms with Crippen LogP contribution in [0.25, 0.3) is 0 Å². The third-order valence-corrected chi connectivity index (χ3v) is 11.7. The Morgan fingerprint density at radius 3 is 2.77 bits per heavy atom. The summed E-state index contributed by atoms with van der Waals surface area (Å²) in [4.78, 5) is 17.6. The molecule has 1 aliphatic heterocycles. The fraction of sp³-hybridized carbons (Fsp3) is 0.538. The molecule has 4 atom stereocenters. The SMILES string of the molecule is COCC1COc2cc3c(cc2O1)CC(C[C@@H](C)COc1ccnc2c1[C@H](C)CCC2)C31CCC(Nc2cccc(Cl)c2)(C(=O)O)CC1. The summed E-state index contributed by atoms with van der Waals surface area (Å²) >= 11 is 6.27. The largest absolute Gasteiger partial charge is 0.493 e. The number of aryl methyl sites for hydroxylation is 1. The predicted octanol–water partition coefficient (Wildman–Crippen LogP) is 7.99. The van der Waals surface area contributed by atoms with Gasteiger partial charge in [-0.15, -0.1) is 0 Å². The number of methoxy groups -OCH3 is 1. The number of rotatable bonds is 10. The molecule has 3 aliphatic carbocycles. The Bertz CT molecular complexity index is 1650. The minimum atomic E-state index is -1.07. The number of carboxylic acid groups (broad SMARTS) is 1. The molecule has 2 unspecified atom stereocenters. The molecule has 9 heteroatoms. The number of anilines is 1. The van der Waals surface area contributed by atoms with Gasteiger partial charge in [-0.1, -0.05) is 31.5 Å². The molecule has 0 saturated heterocycles. The number of nitrogens with zero attached hydrogens (tertiary/aromatic N) is 1. The van der Waals surface area contributed by atoms with Crippen LogP contribution in [0.15, 0.2) is 48.7 Å². The van der Waals surface area contributed by atoms with Gasteiger partial charge in [0, 0.05) is 35.3 Å². The third-order valence-electron chi connectivity index (χ3n) is 11.4. The van der Waals surface area contributed by atoms with Crippen molar-refractivity contribution in [3.05, 3.63) is 76.1 Å². The highest BCUT2D eigenvalue weighted by Crippen LogP contribution is 2.58. The molecule has 1 fully saturated rings. The summed E-state index contributed by atoms with van der Waals surface area (Å²) in [5.74, 6) is 2.77. The Kier molecular flexibility index (Phi) is 9.24. The maximum absolute atomic E-state index is 12.9. The summed E-state index contributed by atoms with van der Waals surface area (Å²) in [5, 5.41) is 14.6. The zero-order chi connectivity index (χ0) is 33.5. The molecule has 256 valence electrons. The summed E-state index contributed by atoms with van der Waals surface area (Å²) < 4.78 is 24.4. The normalized spacial score (nSPS) is 28.0. The quantitative estimate of drug-likeness (QED) is 0.223. The molecular formula is C39H47ClN2O6. The molecule has 0 bridgehead atoms. The number of nitrogens with one attached hydrogen (secondary N) is 1. The van der Waals surface area contributed by atoms with Crippen LogP contribution in [0.5, 0.6) is 17.2 Å². The molecular weight excluding hydrogens is 628 g/mol. The minimum absolute atomic E-state index is 0.144. The van der Waals surface area contributed by atoms with Crippen molar-refractivity contribution < 1.29 is 28.8 Å². The van der Waals surface area contributed by atoms with Crippen molar-refractivity contribution >= 4 is 23.3 Å². The van der Waals surface area contributed by atoms with Crippen molar-refractivity contribution in [1.29, 1.82) is 0 Å². The van der Waals surface area contributed by atoms with Crippen LogP contribution in [0, 0.1) is 11.8 Å². The Hall–Kier alpha value is -3.49. The van der Waals surface area contributed by atoms with Gasteiger partial charge in [-0.2, -0.15) is 0 Å². The van der Waals surface area contributed by atoms with Gasteiger partial charge in [0.1, 0.15) is 17.9 Å². The number of ether oxygens (including phenoxy) is 4. The van der Waals surface area contributed by atoms with Crippen molar-refractivity contribution in [2.24, 2.45) is 11.8 Å². The zero-order valence-electron chi connectivity index (χ0n) is 28.2. The van der Waals surface area contributed by atoms with Gasteiger partial charge in [0.05, 0.1) is 13.2 Å². The van der Waals surface area contributed by atoms with Gasteiger partial charge in [-0.25, -0.2) is 4.79 Å². The Morgan fingerprint density at radius 1 is 1.17 bits per heavy atom. The molecule has 2 N–H and O–H groups in total. The first-order chi connectivity index (χ1) is 23.2. The van der Waals surface area contributed by atoms with Gasteiger partial charge < -0.3 is 29.4 Å². The molecule has 1 spiro atoms. The molecule has 2 heterocycles. The standard InChI is InChI=1S/C39H47ClN2O6/c1-24(21-46-33-10-15-41-32-9-4-6-25(2)36(32)33)16-27-17-26-18-35-34(47-23-30(48-35)22-45-3)20-31(26)38(27)11-13-39(14-12-38,37(43)44)42-29-8-5-7-28(40)19-29/h5,7-8,10,15,18-20,24-25,27,30,42H,4,6,9,11-14,16-17,21-23H2,1-3H3,(H,43,44)/t24-,25-,27?,30?,38?,39?/m1/s1. The van der Waals surface area contributed by atoms with Gasteiger partial charge in [0.15, 0.2) is 17.6 Å². The monoisotopic (exact) mass is 674 g/mol. The van der Waals surface area contributed by atoms with Crippen LogP contribution >= 0.6 is 11.6 Å². The number of halogens is 1. The van der Waals surface area contributed by atoms with E-state index in [2.05, 4.69) is 36.3 Å². The van der Waals surface area contributed by atoms with E-state index in [4.69, 9.17) is 30.5 Å². The topological polar surface area (TPSA) is 99.1 Å². The fourth-order valence-electron chi connectivity index (χ4n) is 8.98. The first-order valence-corrected chi connectivity index (χ1v) is 17.9. The average molecular weight is 675 g/mol. The van der Waals surface area contributed by atoms with Crippen LogP contribution in [-0.2, 0) is 27.8 Å². The van der Waals surface area contributed by atoms with E-state index in [1.165, 1.54) is 35.2 Å². The Labute approximate surface area is 288 Å². The fourth-order valence-corrected chi connectivity index (χ4v) is 9.17. The number of hydrogen-bond acceptors (Lipinski definition) is 7. The van der Waals surface area contributed by atoms with Crippen LogP contribution in [0.3, 0.4) is 0 Å². The average Bonchev–Trinajstić information content (AvgIpc) is 3.34. The van der Waals surface area contributed by atoms with Crippen molar-refractivity contribution in [2.45, 2.75) is 94.6 Å². The summed E-state index contributed by atoms with van der Waals surface area (Å²) in [7, 11) is 1.67. The van der Waals surface area contributed by atoms with E-state index in [1.54, 1.807) is 19.2 Å².